The summed E-state index contributed by atoms with van der Waals surface area (Å²) >= 11 is 0. The molecule has 148 valence electrons. The quantitative estimate of drug-likeness (QED) is 0.755. The van der Waals surface area contributed by atoms with E-state index in [1.807, 2.05) is 49.1 Å². The third kappa shape index (κ3) is 4.41. The zero-order chi connectivity index (χ0) is 19.5. The minimum atomic E-state index is 0.0913. The smallest absolute Gasteiger partial charge is 0.253 e. The number of aryl methyl sites for hydroxylation is 2. The van der Waals surface area contributed by atoms with Gasteiger partial charge in [0.15, 0.2) is 5.82 Å². The van der Waals surface area contributed by atoms with E-state index in [0.717, 1.165) is 42.9 Å². The molecule has 2 aromatic rings. The highest BCUT2D eigenvalue weighted by molar-refractivity contribution is 5.95. The number of benzene rings is 1. The van der Waals surface area contributed by atoms with Crippen LogP contribution in [0.5, 0.6) is 0 Å². The summed E-state index contributed by atoms with van der Waals surface area (Å²) in [6.45, 7) is 6.28. The van der Waals surface area contributed by atoms with Crippen molar-refractivity contribution >= 4 is 5.91 Å². The summed E-state index contributed by atoms with van der Waals surface area (Å²) in [7, 11) is 0. The lowest BCUT2D eigenvalue weighted by Gasteiger charge is -2.33. The van der Waals surface area contributed by atoms with Crippen molar-refractivity contribution in [1.29, 1.82) is 0 Å². The zero-order valence-corrected chi connectivity index (χ0v) is 16.9. The van der Waals surface area contributed by atoms with Crippen LogP contribution < -0.4 is 0 Å². The first kappa shape index (κ1) is 19.1. The Morgan fingerprint density at radius 3 is 2.50 bits per heavy atom. The SMILES string of the molecule is Cc1cc(C)nc(-c2cccc(C(=O)N(CC3CCC3)C[C@@H]3CCCO3)c2)n1. The molecule has 0 N–H and O–H groups in total. The van der Waals surface area contributed by atoms with Crippen LogP contribution in [0.25, 0.3) is 11.4 Å². The van der Waals surface area contributed by atoms with Crippen molar-refractivity contribution in [3.8, 4) is 11.4 Å². The minimum Gasteiger partial charge on any atom is -0.376 e. The van der Waals surface area contributed by atoms with Crippen LogP contribution in [0, 0.1) is 19.8 Å². The maximum atomic E-state index is 13.4. The summed E-state index contributed by atoms with van der Waals surface area (Å²) in [6.07, 6.45) is 6.06. The summed E-state index contributed by atoms with van der Waals surface area (Å²) in [5, 5.41) is 0. The van der Waals surface area contributed by atoms with Gasteiger partial charge in [0.05, 0.1) is 6.10 Å². The maximum Gasteiger partial charge on any atom is 0.253 e. The van der Waals surface area contributed by atoms with Crippen molar-refractivity contribution in [3.05, 3.63) is 47.3 Å². The molecule has 1 amide bonds. The van der Waals surface area contributed by atoms with Crippen LogP contribution in [0.2, 0.25) is 0 Å². The number of carbonyl (C=O) groups excluding carboxylic acids is 1. The van der Waals surface area contributed by atoms with Gasteiger partial charge in [-0.05, 0) is 63.6 Å². The third-order valence-corrected chi connectivity index (χ3v) is 5.79. The normalized spacial score (nSPS) is 19.4. The monoisotopic (exact) mass is 379 g/mol. The summed E-state index contributed by atoms with van der Waals surface area (Å²) in [4.78, 5) is 24.5. The van der Waals surface area contributed by atoms with E-state index in [2.05, 4.69) is 9.97 Å². The Hall–Kier alpha value is -2.27. The van der Waals surface area contributed by atoms with Gasteiger partial charge >= 0.3 is 0 Å². The highest BCUT2D eigenvalue weighted by Gasteiger charge is 2.28. The first-order valence-corrected chi connectivity index (χ1v) is 10.4. The fraction of sp³-hybridized carbons (Fsp3) is 0.522. The van der Waals surface area contributed by atoms with E-state index in [9.17, 15) is 4.79 Å². The number of rotatable bonds is 6. The molecule has 5 heteroatoms. The largest absolute Gasteiger partial charge is 0.376 e. The van der Waals surface area contributed by atoms with Crippen molar-refractivity contribution in [1.82, 2.24) is 14.9 Å². The molecule has 2 fully saturated rings. The number of amides is 1. The molecule has 1 saturated heterocycles. The van der Waals surface area contributed by atoms with Crippen molar-refractivity contribution in [2.24, 2.45) is 5.92 Å². The maximum absolute atomic E-state index is 13.4. The van der Waals surface area contributed by atoms with Crippen LogP contribution in [-0.2, 0) is 4.74 Å². The van der Waals surface area contributed by atoms with Crippen molar-refractivity contribution < 1.29 is 9.53 Å². The predicted octanol–water partition coefficient (Wildman–Crippen LogP) is 4.18. The van der Waals surface area contributed by atoms with Gasteiger partial charge in [-0.2, -0.15) is 0 Å². The molecule has 1 aromatic carbocycles. The van der Waals surface area contributed by atoms with Crippen LogP contribution in [-0.4, -0.2) is 46.6 Å². The van der Waals surface area contributed by atoms with Crippen LogP contribution in [0.3, 0.4) is 0 Å². The van der Waals surface area contributed by atoms with Gasteiger partial charge in [-0.25, -0.2) is 9.97 Å². The summed E-state index contributed by atoms with van der Waals surface area (Å²) in [5.74, 6) is 1.40. The molecule has 5 nitrogen and oxygen atoms in total. The van der Waals surface area contributed by atoms with Crippen LogP contribution in [0.15, 0.2) is 30.3 Å². The lowest BCUT2D eigenvalue weighted by atomic mass is 9.85. The molecule has 28 heavy (non-hydrogen) atoms. The van der Waals surface area contributed by atoms with E-state index in [4.69, 9.17) is 4.74 Å². The number of nitrogens with zero attached hydrogens (tertiary/aromatic N) is 3. The number of hydrogen-bond donors (Lipinski definition) is 0. The van der Waals surface area contributed by atoms with Crippen molar-refractivity contribution in [2.45, 2.75) is 52.1 Å². The van der Waals surface area contributed by atoms with Gasteiger partial charge in [0.2, 0.25) is 0 Å². The molecule has 4 rings (SSSR count). The van der Waals surface area contributed by atoms with Gasteiger partial charge in [-0.1, -0.05) is 18.6 Å². The molecule has 1 aliphatic heterocycles. The van der Waals surface area contributed by atoms with Crippen molar-refractivity contribution in [2.75, 3.05) is 19.7 Å². The van der Waals surface area contributed by atoms with Gasteiger partial charge in [0, 0.05) is 42.2 Å². The Labute approximate surface area is 167 Å². The molecule has 1 aromatic heterocycles. The molecule has 2 aliphatic rings. The zero-order valence-electron chi connectivity index (χ0n) is 16.9. The molecule has 0 spiro atoms. The molecule has 2 heterocycles. The second-order valence-electron chi connectivity index (χ2n) is 8.20. The Morgan fingerprint density at radius 2 is 1.86 bits per heavy atom. The first-order chi connectivity index (χ1) is 13.6. The third-order valence-electron chi connectivity index (χ3n) is 5.79. The topological polar surface area (TPSA) is 55.3 Å². The minimum absolute atomic E-state index is 0.0913. The van der Waals surface area contributed by atoms with Crippen molar-refractivity contribution in [3.63, 3.8) is 0 Å². The standard InChI is InChI=1S/C23H29N3O2/c1-16-12-17(2)25-22(24-16)19-8-4-9-20(13-19)23(27)26(14-18-6-3-7-18)15-21-10-5-11-28-21/h4,8-9,12-13,18,21H,3,5-7,10-11,14-15H2,1-2H3/t21-/m0/s1. The van der Waals surface area contributed by atoms with Crippen LogP contribution in [0.1, 0.15) is 53.8 Å². The number of ether oxygens (including phenoxy) is 1. The van der Waals surface area contributed by atoms with Crippen LogP contribution in [0.4, 0.5) is 0 Å². The summed E-state index contributed by atoms with van der Waals surface area (Å²) in [5.41, 5.74) is 3.46. The van der Waals surface area contributed by atoms with Gasteiger partial charge in [0.1, 0.15) is 0 Å². The van der Waals surface area contributed by atoms with Gasteiger partial charge in [-0.3, -0.25) is 4.79 Å². The molecule has 1 atom stereocenters. The molecule has 1 aliphatic carbocycles. The van der Waals surface area contributed by atoms with E-state index < -0.39 is 0 Å². The lowest BCUT2D eigenvalue weighted by molar-refractivity contribution is 0.0448. The van der Waals surface area contributed by atoms with E-state index in [1.165, 1.54) is 19.3 Å². The summed E-state index contributed by atoms with van der Waals surface area (Å²) < 4.78 is 5.81. The number of aromatic nitrogens is 2. The summed E-state index contributed by atoms with van der Waals surface area (Å²) in [6, 6.07) is 9.69. The fourth-order valence-corrected chi connectivity index (χ4v) is 4.09. The highest BCUT2D eigenvalue weighted by Crippen LogP contribution is 2.28. The van der Waals surface area contributed by atoms with E-state index >= 15 is 0 Å². The predicted molar refractivity (Wildman–Crippen MR) is 109 cm³/mol. The Kier molecular flexibility index (Phi) is 5.72. The van der Waals surface area contributed by atoms with E-state index in [-0.39, 0.29) is 12.0 Å². The van der Waals surface area contributed by atoms with Gasteiger partial charge in [0.25, 0.3) is 5.91 Å². The first-order valence-electron chi connectivity index (χ1n) is 10.4. The average molecular weight is 380 g/mol. The van der Waals surface area contributed by atoms with Gasteiger partial charge < -0.3 is 9.64 Å². The second-order valence-corrected chi connectivity index (χ2v) is 8.20. The second kappa shape index (κ2) is 8.39. The fourth-order valence-electron chi connectivity index (χ4n) is 4.09. The van der Waals surface area contributed by atoms with Gasteiger partial charge in [-0.15, -0.1) is 0 Å². The molecular formula is C23H29N3O2. The van der Waals surface area contributed by atoms with Crippen LogP contribution >= 0.6 is 0 Å². The molecule has 0 bridgehead atoms. The molecule has 1 saturated carbocycles. The number of hydrogen-bond acceptors (Lipinski definition) is 4. The van der Waals surface area contributed by atoms with E-state index in [0.29, 0.717) is 23.9 Å². The molecule has 0 radical (unpaired) electrons. The average Bonchev–Trinajstić information content (AvgIpc) is 3.15. The molecule has 0 unspecified atom stereocenters. The Morgan fingerprint density at radius 1 is 1.07 bits per heavy atom. The highest BCUT2D eigenvalue weighted by atomic mass is 16.5. The van der Waals surface area contributed by atoms with E-state index in [1.54, 1.807) is 0 Å². The lowest BCUT2D eigenvalue weighted by Crippen LogP contribution is -2.41. The molecular weight excluding hydrogens is 350 g/mol. The Bertz CT molecular complexity index is 821. The number of carbonyl (C=O) groups is 1. The Balaban J connectivity index is 1.56.